The van der Waals surface area contributed by atoms with E-state index in [1.54, 1.807) is 0 Å². The lowest BCUT2D eigenvalue weighted by molar-refractivity contribution is -0.384. The molecule has 138 valence electrons. The van der Waals surface area contributed by atoms with E-state index in [0.717, 1.165) is 18.9 Å². The fourth-order valence-electron chi connectivity index (χ4n) is 2.30. The lowest BCUT2D eigenvalue weighted by atomic mass is 10.1. The van der Waals surface area contributed by atoms with E-state index >= 15 is 0 Å². The molecule has 1 aliphatic rings. The zero-order valence-electron chi connectivity index (χ0n) is 14.6. The Morgan fingerprint density at radius 1 is 1.50 bits per heavy atom. The number of ether oxygens (including phenoxy) is 1. The van der Waals surface area contributed by atoms with Crippen LogP contribution in [0.15, 0.2) is 18.2 Å². The predicted molar refractivity (Wildman–Crippen MR) is 92.5 cm³/mol. The van der Waals surface area contributed by atoms with E-state index in [0.29, 0.717) is 5.69 Å². The molecular weight excluding hydrogens is 340 g/mol. The molecule has 1 aromatic carbocycles. The molecule has 0 bridgehead atoms. The van der Waals surface area contributed by atoms with Gasteiger partial charge < -0.3 is 15.0 Å². The van der Waals surface area contributed by atoms with E-state index in [1.807, 2.05) is 6.07 Å². The summed E-state index contributed by atoms with van der Waals surface area (Å²) in [5, 5.41) is 22.8. The number of anilines is 1. The number of carbonyl (C=O) groups excluding carboxylic acids is 2. The van der Waals surface area contributed by atoms with Gasteiger partial charge in [0.15, 0.2) is 6.10 Å². The number of carbonyl (C=O) groups is 2. The van der Waals surface area contributed by atoms with E-state index in [-0.39, 0.29) is 30.3 Å². The van der Waals surface area contributed by atoms with E-state index in [9.17, 15) is 19.7 Å². The van der Waals surface area contributed by atoms with Gasteiger partial charge in [-0.2, -0.15) is 5.26 Å². The zero-order chi connectivity index (χ0) is 19.3. The number of nitro benzene ring substituents is 1. The number of nitriles is 1. The first kappa shape index (κ1) is 19.2. The van der Waals surface area contributed by atoms with Gasteiger partial charge in [-0.25, -0.2) is 4.79 Å². The second-order valence-corrected chi connectivity index (χ2v) is 6.12. The van der Waals surface area contributed by atoms with Crippen molar-refractivity contribution in [3.05, 3.63) is 33.9 Å². The van der Waals surface area contributed by atoms with Crippen molar-refractivity contribution in [2.45, 2.75) is 38.3 Å². The molecule has 1 atom stereocenters. The van der Waals surface area contributed by atoms with Crippen molar-refractivity contribution in [1.82, 2.24) is 4.90 Å². The first-order valence-electron chi connectivity index (χ1n) is 8.21. The van der Waals surface area contributed by atoms with Crippen LogP contribution in [0.5, 0.6) is 0 Å². The standard InChI is InChI=1S/C17H20N4O5/c1-11(16(22)20(2)9-3-8-18)26-17(23)12-4-7-14(19-13-5-6-13)15(10-12)21(24)25/h4,7,10-11,13,19H,3,5-6,9H2,1-2H3/t11-/m0/s1. The molecule has 1 aliphatic carbocycles. The molecule has 2 rings (SSSR count). The van der Waals surface area contributed by atoms with Gasteiger partial charge in [0.25, 0.3) is 11.6 Å². The summed E-state index contributed by atoms with van der Waals surface area (Å²) in [6.07, 6.45) is 1.03. The Morgan fingerprint density at radius 3 is 2.77 bits per heavy atom. The molecule has 0 aromatic heterocycles. The van der Waals surface area contributed by atoms with Crippen LogP contribution in [0.3, 0.4) is 0 Å². The summed E-state index contributed by atoms with van der Waals surface area (Å²) >= 11 is 0. The summed E-state index contributed by atoms with van der Waals surface area (Å²) in [4.78, 5) is 36.3. The van der Waals surface area contributed by atoms with Crippen molar-refractivity contribution < 1.29 is 19.2 Å². The first-order valence-corrected chi connectivity index (χ1v) is 8.21. The van der Waals surface area contributed by atoms with Crippen LogP contribution in [0.2, 0.25) is 0 Å². The van der Waals surface area contributed by atoms with Crippen molar-refractivity contribution in [3.63, 3.8) is 0 Å². The fourth-order valence-corrected chi connectivity index (χ4v) is 2.30. The minimum atomic E-state index is -1.06. The van der Waals surface area contributed by atoms with Gasteiger partial charge in [-0.3, -0.25) is 14.9 Å². The fraction of sp³-hybridized carbons (Fsp3) is 0.471. The third-order valence-corrected chi connectivity index (χ3v) is 3.93. The van der Waals surface area contributed by atoms with Crippen LogP contribution in [-0.2, 0) is 9.53 Å². The Hall–Kier alpha value is -3.15. The van der Waals surface area contributed by atoms with Crippen LogP contribution in [0.25, 0.3) is 0 Å². The summed E-state index contributed by atoms with van der Waals surface area (Å²) < 4.78 is 5.11. The van der Waals surface area contributed by atoms with Crippen LogP contribution in [0.1, 0.15) is 36.5 Å². The van der Waals surface area contributed by atoms with Gasteiger partial charge in [0.2, 0.25) is 0 Å². The first-order chi connectivity index (χ1) is 12.3. The molecule has 0 heterocycles. The summed E-state index contributed by atoms with van der Waals surface area (Å²) in [6.45, 7) is 1.64. The number of esters is 1. The minimum absolute atomic E-state index is 0.00243. The SMILES string of the molecule is C[C@H](OC(=O)c1ccc(NC2CC2)c([N+](=O)[O-])c1)C(=O)N(C)CCC#N. The molecule has 1 aromatic rings. The van der Waals surface area contributed by atoms with Crippen molar-refractivity contribution in [2.24, 2.45) is 0 Å². The van der Waals surface area contributed by atoms with Crippen LogP contribution in [0.4, 0.5) is 11.4 Å². The van der Waals surface area contributed by atoms with Crippen LogP contribution >= 0.6 is 0 Å². The molecule has 0 spiro atoms. The largest absolute Gasteiger partial charge is 0.449 e. The molecule has 1 N–H and O–H groups in total. The van der Waals surface area contributed by atoms with Crippen molar-refractivity contribution in [3.8, 4) is 6.07 Å². The molecule has 0 saturated heterocycles. The normalized spacial score (nSPS) is 14.0. The summed E-state index contributed by atoms with van der Waals surface area (Å²) in [5.41, 5.74) is 0.142. The highest BCUT2D eigenvalue weighted by Crippen LogP contribution is 2.31. The number of nitrogens with zero attached hydrogens (tertiary/aromatic N) is 3. The topological polar surface area (TPSA) is 126 Å². The molecule has 0 aliphatic heterocycles. The summed E-state index contributed by atoms with van der Waals surface area (Å²) in [7, 11) is 1.51. The number of rotatable bonds is 8. The average Bonchev–Trinajstić information content (AvgIpc) is 3.42. The van der Waals surface area contributed by atoms with Gasteiger partial charge in [0, 0.05) is 25.7 Å². The minimum Gasteiger partial charge on any atom is -0.449 e. The maximum atomic E-state index is 12.2. The van der Waals surface area contributed by atoms with Crippen LogP contribution < -0.4 is 5.32 Å². The number of hydrogen-bond acceptors (Lipinski definition) is 7. The highest BCUT2D eigenvalue weighted by atomic mass is 16.6. The smallest absolute Gasteiger partial charge is 0.339 e. The second-order valence-electron chi connectivity index (χ2n) is 6.12. The maximum absolute atomic E-state index is 12.2. The monoisotopic (exact) mass is 360 g/mol. The van der Waals surface area contributed by atoms with Gasteiger partial charge >= 0.3 is 5.97 Å². The maximum Gasteiger partial charge on any atom is 0.339 e. The van der Waals surface area contributed by atoms with E-state index in [4.69, 9.17) is 10.00 Å². The Bertz CT molecular complexity index is 754. The molecule has 1 saturated carbocycles. The highest BCUT2D eigenvalue weighted by molar-refractivity contribution is 5.93. The third kappa shape index (κ3) is 4.92. The van der Waals surface area contributed by atoms with Gasteiger partial charge in [-0.05, 0) is 31.9 Å². The molecular formula is C17H20N4O5. The average molecular weight is 360 g/mol. The van der Waals surface area contributed by atoms with E-state index < -0.39 is 22.9 Å². The van der Waals surface area contributed by atoms with Crippen LogP contribution in [0, 0.1) is 21.4 Å². The van der Waals surface area contributed by atoms with Gasteiger partial charge in [0.1, 0.15) is 5.69 Å². The molecule has 1 amide bonds. The van der Waals surface area contributed by atoms with Gasteiger partial charge in [0.05, 0.1) is 23.0 Å². The van der Waals surface area contributed by atoms with Crippen molar-refractivity contribution in [1.29, 1.82) is 5.26 Å². The Kier molecular flexibility index (Phi) is 6.11. The molecule has 9 heteroatoms. The quantitative estimate of drug-likeness (QED) is 0.427. The highest BCUT2D eigenvalue weighted by Gasteiger charge is 2.27. The molecule has 0 unspecified atom stereocenters. The third-order valence-electron chi connectivity index (χ3n) is 3.93. The zero-order valence-corrected chi connectivity index (χ0v) is 14.6. The second kappa shape index (κ2) is 8.29. The predicted octanol–water partition coefficient (Wildman–Crippen LogP) is 2.09. The van der Waals surface area contributed by atoms with Crippen LogP contribution in [-0.4, -0.2) is 47.4 Å². The van der Waals surface area contributed by atoms with Gasteiger partial charge in [-0.15, -0.1) is 0 Å². The Morgan fingerprint density at radius 2 is 2.19 bits per heavy atom. The molecule has 0 radical (unpaired) electrons. The number of likely N-dealkylation sites (N-methyl/N-ethyl adjacent to an activating group) is 1. The van der Waals surface area contributed by atoms with E-state index in [2.05, 4.69) is 5.32 Å². The lowest BCUT2D eigenvalue weighted by Crippen LogP contribution is -2.37. The number of nitrogens with one attached hydrogen (secondary N) is 1. The van der Waals surface area contributed by atoms with Gasteiger partial charge in [-0.1, -0.05) is 0 Å². The number of hydrogen-bond donors (Lipinski definition) is 1. The van der Waals surface area contributed by atoms with Crippen molar-refractivity contribution in [2.75, 3.05) is 18.9 Å². The van der Waals surface area contributed by atoms with Crippen molar-refractivity contribution >= 4 is 23.3 Å². The number of amides is 1. The lowest BCUT2D eigenvalue weighted by Gasteiger charge is -2.20. The van der Waals surface area contributed by atoms with E-state index in [1.165, 1.54) is 31.0 Å². The number of nitro groups is 1. The Labute approximate surface area is 150 Å². The number of benzene rings is 1. The molecule has 1 fully saturated rings. The molecule has 9 nitrogen and oxygen atoms in total. The molecule has 26 heavy (non-hydrogen) atoms. The summed E-state index contributed by atoms with van der Waals surface area (Å²) in [5.74, 6) is -1.27. The summed E-state index contributed by atoms with van der Waals surface area (Å²) in [6, 6.07) is 6.20. The Balaban J connectivity index is 2.06.